The van der Waals surface area contributed by atoms with Gasteiger partial charge in [-0.15, -0.1) is 11.3 Å². The molecule has 0 aliphatic rings. The van der Waals surface area contributed by atoms with Gasteiger partial charge in [0.2, 0.25) is 5.91 Å². The normalized spacial score (nSPS) is 11.0. The van der Waals surface area contributed by atoms with Crippen molar-refractivity contribution in [2.75, 3.05) is 5.32 Å². The number of benzene rings is 2. The number of carbonyl (C=O) groups is 1. The van der Waals surface area contributed by atoms with Crippen molar-refractivity contribution >= 4 is 33.8 Å². The lowest BCUT2D eigenvalue weighted by molar-refractivity contribution is -0.115. The number of rotatable bonds is 5. The number of thiazole rings is 1. The highest BCUT2D eigenvalue weighted by atomic mass is 32.1. The van der Waals surface area contributed by atoms with Gasteiger partial charge in [-0.05, 0) is 36.6 Å². The van der Waals surface area contributed by atoms with Gasteiger partial charge in [-0.1, -0.05) is 37.3 Å². The average Bonchev–Trinajstić information content (AvgIpc) is 3.27. The predicted molar refractivity (Wildman–Crippen MR) is 112 cm³/mol. The van der Waals surface area contributed by atoms with Crippen LogP contribution in [-0.4, -0.2) is 15.9 Å². The van der Waals surface area contributed by atoms with Gasteiger partial charge in [-0.2, -0.15) is 0 Å². The minimum atomic E-state index is -0.0475. The summed E-state index contributed by atoms with van der Waals surface area (Å²) in [6.45, 7) is 4.16. The molecule has 0 saturated carbocycles. The molecule has 0 unspecified atom stereocenters. The van der Waals surface area contributed by atoms with Crippen LogP contribution in [0, 0.1) is 6.92 Å². The van der Waals surface area contributed by atoms with E-state index < -0.39 is 0 Å². The van der Waals surface area contributed by atoms with E-state index in [0.717, 1.165) is 33.9 Å². The summed E-state index contributed by atoms with van der Waals surface area (Å²) in [7, 11) is 0. The van der Waals surface area contributed by atoms with Crippen LogP contribution in [0.15, 0.2) is 54.0 Å². The minimum Gasteiger partial charge on any atom is -0.360 e. The molecule has 0 radical (unpaired) electrons. The summed E-state index contributed by atoms with van der Waals surface area (Å²) in [5.41, 5.74) is 6.41. The molecule has 0 spiro atoms. The number of carbonyl (C=O) groups excluding carboxylic acids is 1. The topological polar surface area (TPSA) is 57.8 Å². The number of para-hydroxylation sites is 1. The van der Waals surface area contributed by atoms with Gasteiger partial charge in [0, 0.05) is 33.7 Å². The number of aryl methyl sites for hydroxylation is 2. The van der Waals surface area contributed by atoms with E-state index in [0.29, 0.717) is 0 Å². The Morgan fingerprint density at radius 2 is 2.07 bits per heavy atom. The van der Waals surface area contributed by atoms with E-state index in [4.69, 9.17) is 4.98 Å². The third kappa shape index (κ3) is 3.64. The zero-order valence-electron chi connectivity index (χ0n) is 15.4. The standard InChI is InChI=1S/C22H21N3OS/c1-3-15-7-5-9-17-18(12-23-22(15)17)19-13-27-21(25-19)11-20(26)24-16-8-4-6-14(2)10-16/h4-10,12-13,23H,3,11H2,1-2H3,(H,24,26). The Labute approximate surface area is 162 Å². The van der Waals surface area contributed by atoms with Crippen molar-refractivity contribution in [3.8, 4) is 11.3 Å². The zero-order chi connectivity index (χ0) is 18.8. The number of aromatic nitrogens is 2. The average molecular weight is 375 g/mol. The first-order chi connectivity index (χ1) is 13.1. The van der Waals surface area contributed by atoms with Gasteiger partial charge in [0.15, 0.2) is 0 Å². The molecule has 136 valence electrons. The third-order valence-corrected chi connectivity index (χ3v) is 5.47. The number of fused-ring (bicyclic) bond motifs is 1. The quantitative estimate of drug-likeness (QED) is 0.494. The first-order valence-electron chi connectivity index (χ1n) is 9.04. The summed E-state index contributed by atoms with van der Waals surface area (Å²) in [5.74, 6) is -0.0475. The molecular formula is C22H21N3OS. The molecule has 0 saturated heterocycles. The van der Waals surface area contributed by atoms with E-state index in [2.05, 4.69) is 35.4 Å². The van der Waals surface area contributed by atoms with Crippen LogP contribution >= 0.6 is 11.3 Å². The number of amides is 1. The molecule has 4 rings (SSSR count). The van der Waals surface area contributed by atoms with Gasteiger partial charge in [0.1, 0.15) is 5.01 Å². The zero-order valence-corrected chi connectivity index (χ0v) is 16.2. The second-order valence-electron chi connectivity index (χ2n) is 6.62. The largest absolute Gasteiger partial charge is 0.360 e. The maximum atomic E-state index is 12.3. The lowest BCUT2D eigenvalue weighted by Crippen LogP contribution is -2.14. The second-order valence-corrected chi connectivity index (χ2v) is 7.56. The number of nitrogens with zero attached hydrogens (tertiary/aromatic N) is 1. The summed E-state index contributed by atoms with van der Waals surface area (Å²) >= 11 is 1.52. The fourth-order valence-corrected chi connectivity index (χ4v) is 4.10. The molecule has 4 nitrogen and oxygen atoms in total. The van der Waals surface area contributed by atoms with Crippen molar-refractivity contribution in [2.45, 2.75) is 26.7 Å². The van der Waals surface area contributed by atoms with E-state index in [9.17, 15) is 4.79 Å². The van der Waals surface area contributed by atoms with Crippen LogP contribution in [0.5, 0.6) is 0 Å². The molecular weight excluding hydrogens is 354 g/mol. The number of aromatic amines is 1. The molecule has 2 heterocycles. The molecule has 5 heteroatoms. The minimum absolute atomic E-state index is 0.0475. The fraction of sp³-hybridized carbons (Fsp3) is 0.182. The first kappa shape index (κ1) is 17.5. The smallest absolute Gasteiger partial charge is 0.231 e. The summed E-state index contributed by atoms with van der Waals surface area (Å²) < 4.78 is 0. The van der Waals surface area contributed by atoms with Crippen molar-refractivity contribution in [3.63, 3.8) is 0 Å². The van der Waals surface area contributed by atoms with Crippen molar-refractivity contribution in [2.24, 2.45) is 0 Å². The number of hydrogen-bond donors (Lipinski definition) is 2. The van der Waals surface area contributed by atoms with Gasteiger partial charge >= 0.3 is 0 Å². The predicted octanol–water partition coefficient (Wildman–Crippen LogP) is 5.34. The molecule has 0 fully saturated rings. The highest BCUT2D eigenvalue weighted by molar-refractivity contribution is 7.10. The van der Waals surface area contributed by atoms with Crippen LogP contribution in [0.4, 0.5) is 5.69 Å². The van der Waals surface area contributed by atoms with Crippen molar-refractivity contribution in [3.05, 3.63) is 70.2 Å². The highest BCUT2D eigenvalue weighted by Gasteiger charge is 2.13. The van der Waals surface area contributed by atoms with Crippen LogP contribution in [-0.2, 0) is 17.6 Å². The van der Waals surface area contributed by atoms with E-state index in [1.165, 1.54) is 27.8 Å². The van der Waals surface area contributed by atoms with Gasteiger partial charge in [-0.3, -0.25) is 4.79 Å². The summed E-state index contributed by atoms with van der Waals surface area (Å²) in [5, 5.41) is 6.96. The van der Waals surface area contributed by atoms with Gasteiger partial charge in [-0.25, -0.2) is 4.98 Å². The lowest BCUT2D eigenvalue weighted by Gasteiger charge is -2.04. The van der Waals surface area contributed by atoms with Crippen molar-refractivity contribution < 1.29 is 4.79 Å². The Kier molecular flexibility index (Phi) is 4.77. The Hall–Kier alpha value is -2.92. The summed E-state index contributed by atoms with van der Waals surface area (Å²) in [6.07, 6.45) is 3.27. The monoisotopic (exact) mass is 375 g/mol. The van der Waals surface area contributed by atoms with E-state index in [-0.39, 0.29) is 12.3 Å². The third-order valence-electron chi connectivity index (χ3n) is 4.62. The Morgan fingerprint density at radius 3 is 2.89 bits per heavy atom. The first-order valence-corrected chi connectivity index (χ1v) is 9.92. The van der Waals surface area contributed by atoms with Crippen LogP contribution in [0.3, 0.4) is 0 Å². The molecule has 2 N–H and O–H groups in total. The van der Waals surface area contributed by atoms with E-state index >= 15 is 0 Å². The molecule has 4 aromatic rings. The number of H-pyrrole nitrogens is 1. The second kappa shape index (κ2) is 7.37. The number of hydrogen-bond acceptors (Lipinski definition) is 3. The molecule has 0 aliphatic carbocycles. The van der Waals surface area contributed by atoms with Gasteiger partial charge in [0.25, 0.3) is 0 Å². The molecule has 0 bridgehead atoms. The number of anilines is 1. The fourth-order valence-electron chi connectivity index (χ4n) is 3.30. The SMILES string of the molecule is CCc1cccc2c(-c3csc(CC(=O)Nc4cccc(C)c4)n3)c[nH]c12. The Morgan fingerprint density at radius 1 is 1.22 bits per heavy atom. The van der Waals surface area contributed by atoms with E-state index in [1.54, 1.807) is 0 Å². The molecule has 2 aromatic heterocycles. The Balaban J connectivity index is 1.53. The van der Waals surface area contributed by atoms with Crippen molar-refractivity contribution in [1.29, 1.82) is 0 Å². The summed E-state index contributed by atoms with van der Waals surface area (Å²) in [4.78, 5) is 20.4. The molecule has 27 heavy (non-hydrogen) atoms. The molecule has 1 amide bonds. The maximum Gasteiger partial charge on any atom is 0.231 e. The molecule has 0 atom stereocenters. The van der Waals surface area contributed by atoms with Crippen LogP contribution in [0.25, 0.3) is 22.2 Å². The van der Waals surface area contributed by atoms with Gasteiger partial charge in [0.05, 0.1) is 12.1 Å². The lowest BCUT2D eigenvalue weighted by atomic mass is 10.1. The highest BCUT2D eigenvalue weighted by Crippen LogP contribution is 2.31. The number of nitrogens with one attached hydrogen (secondary N) is 2. The maximum absolute atomic E-state index is 12.3. The van der Waals surface area contributed by atoms with Crippen LogP contribution < -0.4 is 5.32 Å². The Bertz CT molecular complexity index is 1110. The van der Waals surface area contributed by atoms with Gasteiger partial charge < -0.3 is 10.3 Å². The van der Waals surface area contributed by atoms with Crippen molar-refractivity contribution in [1.82, 2.24) is 9.97 Å². The van der Waals surface area contributed by atoms with Crippen LogP contribution in [0.1, 0.15) is 23.1 Å². The van der Waals surface area contributed by atoms with E-state index in [1.807, 2.05) is 42.8 Å². The molecule has 0 aliphatic heterocycles. The van der Waals surface area contributed by atoms with Crippen LogP contribution in [0.2, 0.25) is 0 Å². The summed E-state index contributed by atoms with van der Waals surface area (Å²) in [6, 6.07) is 14.1. The molecule has 2 aromatic carbocycles.